The summed E-state index contributed by atoms with van der Waals surface area (Å²) >= 11 is 0. The molecule has 3 aromatic heterocycles. The number of benzene rings is 1. The molecule has 5 N–H and O–H groups in total. The number of aliphatic hydroxyl groups is 1. The van der Waals surface area contributed by atoms with E-state index < -0.39 is 23.7 Å². The number of hydrogen-bond donors (Lipinski definition) is 5. The predicted molar refractivity (Wildman–Crippen MR) is 118 cm³/mol. The summed E-state index contributed by atoms with van der Waals surface area (Å²) in [6, 6.07) is 1.86. The number of aliphatic hydroxyl groups excluding tert-OH is 1. The Morgan fingerprint density at radius 3 is 2.76 bits per heavy atom. The van der Waals surface area contributed by atoms with Gasteiger partial charge in [0.1, 0.15) is 17.9 Å². The zero-order valence-corrected chi connectivity index (χ0v) is 18.2. The smallest absolute Gasteiger partial charge is 0.186 e. The minimum absolute atomic E-state index is 0.0189. The Bertz CT molecular complexity index is 1310. The third kappa shape index (κ3) is 4.33. The average Bonchev–Trinajstić information content (AvgIpc) is 3.47. The van der Waals surface area contributed by atoms with Gasteiger partial charge in [0.2, 0.25) is 0 Å². The van der Waals surface area contributed by atoms with Crippen LogP contribution in [0.2, 0.25) is 0 Å². The van der Waals surface area contributed by atoms with E-state index >= 15 is 0 Å². The van der Waals surface area contributed by atoms with Gasteiger partial charge in [0, 0.05) is 35.3 Å². The Hall–Kier alpha value is -3.51. The fourth-order valence-electron chi connectivity index (χ4n) is 4.43. The Morgan fingerprint density at radius 2 is 1.97 bits per heavy atom. The van der Waals surface area contributed by atoms with Gasteiger partial charge in [-0.2, -0.15) is 0 Å². The molecular formula is C22H23F3N8O. The van der Waals surface area contributed by atoms with E-state index in [0.717, 1.165) is 25.3 Å². The molecule has 12 heteroatoms. The number of aromatic amines is 2. The molecule has 5 rings (SSSR count). The maximum atomic E-state index is 14.9. The van der Waals surface area contributed by atoms with Gasteiger partial charge in [0.15, 0.2) is 17.5 Å². The molecule has 0 saturated heterocycles. The molecule has 0 aliphatic heterocycles. The second-order valence-electron chi connectivity index (χ2n) is 8.49. The summed E-state index contributed by atoms with van der Waals surface area (Å²) in [5, 5.41) is 26.8. The molecule has 9 nitrogen and oxygen atoms in total. The van der Waals surface area contributed by atoms with Crippen LogP contribution in [0.25, 0.3) is 22.3 Å². The number of nitrogens with zero attached hydrogens (tertiary/aromatic N) is 4. The summed E-state index contributed by atoms with van der Waals surface area (Å²) in [5.74, 6) is -1.85. The van der Waals surface area contributed by atoms with Crippen LogP contribution < -0.4 is 10.6 Å². The van der Waals surface area contributed by atoms with E-state index in [-0.39, 0.29) is 40.3 Å². The fourth-order valence-corrected chi connectivity index (χ4v) is 4.43. The Kier molecular flexibility index (Phi) is 5.92. The van der Waals surface area contributed by atoms with Crippen LogP contribution in [0.1, 0.15) is 43.3 Å². The maximum Gasteiger partial charge on any atom is 0.186 e. The number of halogens is 3. The standard InChI is InChI=1S/C22H23F3N8O/c1-10-18(25)21(29-12-3-2-4-13(7-12)30-22(34)17-9-27-33-32-17)31-20(28-10)15-8-26-19-14(15)5-11(23)6-16(19)24/h5-6,8-9,12-13,22,26,30,34H,2-4,7H2,1H3,(H,27,32,33)(H,28,29,31)/t12-,13+,22?/m0/s1. The lowest BCUT2D eigenvalue weighted by atomic mass is 9.90. The van der Waals surface area contributed by atoms with Crippen LogP contribution in [-0.2, 0) is 0 Å². The van der Waals surface area contributed by atoms with E-state index in [0.29, 0.717) is 17.7 Å². The Balaban J connectivity index is 1.37. The summed E-state index contributed by atoms with van der Waals surface area (Å²) in [6.45, 7) is 1.52. The zero-order valence-electron chi connectivity index (χ0n) is 18.2. The van der Waals surface area contributed by atoms with E-state index in [1.54, 1.807) is 0 Å². The van der Waals surface area contributed by atoms with Crippen LogP contribution in [0, 0.1) is 24.4 Å². The van der Waals surface area contributed by atoms with Crippen molar-refractivity contribution in [3.05, 3.63) is 53.4 Å². The van der Waals surface area contributed by atoms with Gasteiger partial charge in [0.25, 0.3) is 0 Å². The lowest BCUT2D eigenvalue weighted by Gasteiger charge is -2.32. The minimum Gasteiger partial charge on any atom is -0.373 e. The van der Waals surface area contributed by atoms with E-state index in [2.05, 4.69) is 41.0 Å². The van der Waals surface area contributed by atoms with Crippen molar-refractivity contribution in [3.63, 3.8) is 0 Å². The molecule has 0 radical (unpaired) electrons. The third-order valence-corrected chi connectivity index (χ3v) is 6.10. The number of fused-ring (bicyclic) bond motifs is 1. The highest BCUT2D eigenvalue weighted by atomic mass is 19.1. The number of aryl methyl sites for hydroxylation is 1. The first-order valence-electron chi connectivity index (χ1n) is 11.0. The summed E-state index contributed by atoms with van der Waals surface area (Å²) in [7, 11) is 0. The highest BCUT2D eigenvalue weighted by Crippen LogP contribution is 2.31. The summed E-state index contributed by atoms with van der Waals surface area (Å²) in [5.41, 5.74) is 1.08. The van der Waals surface area contributed by atoms with Crippen LogP contribution in [0.5, 0.6) is 0 Å². The normalized spacial score (nSPS) is 19.4. The molecular weight excluding hydrogens is 449 g/mol. The van der Waals surface area contributed by atoms with Crippen LogP contribution in [-0.4, -0.2) is 47.6 Å². The molecule has 0 bridgehead atoms. The van der Waals surface area contributed by atoms with Crippen molar-refractivity contribution >= 4 is 16.7 Å². The van der Waals surface area contributed by atoms with E-state index in [9.17, 15) is 18.3 Å². The van der Waals surface area contributed by atoms with Crippen molar-refractivity contribution in [2.75, 3.05) is 5.32 Å². The first kappa shape index (κ1) is 22.3. The summed E-state index contributed by atoms with van der Waals surface area (Å²) in [4.78, 5) is 11.3. The second-order valence-corrected chi connectivity index (χ2v) is 8.49. The lowest BCUT2D eigenvalue weighted by Crippen LogP contribution is -2.41. The number of rotatable bonds is 6. The highest BCUT2D eigenvalue weighted by molar-refractivity contribution is 5.94. The monoisotopic (exact) mass is 472 g/mol. The van der Waals surface area contributed by atoms with E-state index in [1.807, 2.05) is 0 Å². The van der Waals surface area contributed by atoms with Crippen molar-refractivity contribution in [2.24, 2.45) is 0 Å². The van der Waals surface area contributed by atoms with Gasteiger partial charge in [-0.15, -0.1) is 5.10 Å². The van der Waals surface area contributed by atoms with Crippen molar-refractivity contribution < 1.29 is 18.3 Å². The molecule has 0 amide bonds. The predicted octanol–water partition coefficient (Wildman–Crippen LogP) is 3.47. The minimum atomic E-state index is -0.939. The molecule has 1 fully saturated rings. The largest absolute Gasteiger partial charge is 0.373 e. The second kappa shape index (κ2) is 9.03. The molecule has 1 saturated carbocycles. The van der Waals surface area contributed by atoms with Gasteiger partial charge in [-0.25, -0.2) is 23.1 Å². The zero-order chi connectivity index (χ0) is 23.8. The van der Waals surface area contributed by atoms with Crippen LogP contribution >= 0.6 is 0 Å². The van der Waals surface area contributed by atoms with Gasteiger partial charge in [-0.1, -0.05) is 5.21 Å². The molecule has 0 spiro atoms. The van der Waals surface area contributed by atoms with Crippen molar-refractivity contribution in [3.8, 4) is 11.4 Å². The molecule has 4 aromatic rings. The number of anilines is 1. The molecule has 1 aliphatic rings. The first-order chi connectivity index (χ1) is 16.4. The topological polar surface area (TPSA) is 127 Å². The number of aromatic nitrogens is 6. The summed E-state index contributed by atoms with van der Waals surface area (Å²) < 4.78 is 42.9. The molecule has 3 heterocycles. The van der Waals surface area contributed by atoms with Crippen LogP contribution in [0.4, 0.5) is 19.0 Å². The average molecular weight is 472 g/mol. The van der Waals surface area contributed by atoms with Crippen LogP contribution in [0.3, 0.4) is 0 Å². The van der Waals surface area contributed by atoms with Gasteiger partial charge < -0.3 is 15.4 Å². The van der Waals surface area contributed by atoms with Gasteiger partial charge in [-0.3, -0.25) is 10.4 Å². The van der Waals surface area contributed by atoms with Gasteiger partial charge in [-0.05, 0) is 38.7 Å². The Morgan fingerprint density at radius 1 is 1.15 bits per heavy atom. The number of nitrogens with one attached hydrogen (secondary N) is 4. The van der Waals surface area contributed by atoms with Gasteiger partial charge >= 0.3 is 0 Å². The van der Waals surface area contributed by atoms with E-state index in [1.165, 1.54) is 25.4 Å². The number of hydrogen-bond acceptors (Lipinski definition) is 7. The molecule has 178 valence electrons. The SMILES string of the molecule is Cc1nc(-c2c[nH]c3c(F)cc(F)cc23)nc(N[C@H]2CCC[C@@H](NC(O)c3cnn[nH]3)C2)c1F. The lowest BCUT2D eigenvalue weighted by molar-refractivity contribution is 0.108. The van der Waals surface area contributed by atoms with Crippen molar-refractivity contribution in [2.45, 2.75) is 50.9 Å². The maximum absolute atomic E-state index is 14.9. The molecule has 1 unspecified atom stereocenters. The highest BCUT2D eigenvalue weighted by Gasteiger charge is 2.26. The Labute approximate surface area is 192 Å². The summed E-state index contributed by atoms with van der Waals surface area (Å²) in [6.07, 6.45) is 5.12. The van der Waals surface area contributed by atoms with Gasteiger partial charge in [0.05, 0.1) is 23.1 Å². The third-order valence-electron chi connectivity index (χ3n) is 6.10. The molecule has 3 atom stereocenters. The molecule has 34 heavy (non-hydrogen) atoms. The quantitative estimate of drug-likeness (QED) is 0.272. The number of H-pyrrole nitrogens is 2. The molecule has 1 aliphatic carbocycles. The van der Waals surface area contributed by atoms with Crippen LogP contribution in [0.15, 0.2) is 24.5 Å². The van der Waals surface area contributed by atoms with E-state index in [4.69, 9.17) is 0 Å². The molecule has 1 aromatic carbocycles. The van der Waals surface area contributed by atoms with Crippen molar-refractivity contribution in [1.82, 2.24) is 35.7 Å². The first-order valence-corrected chi connectivity index (χ1v) is 11.0. The fraction of sp³-hybridized carbons (Fsp3) is 0.364. The van der Waals surface area contributed by atoms with Crippen molar-refractivity contribution in [1.29, 1.82) is 0 Å².